The number of rotatable bonds is 6. The van der Waals surface area contributed by atoms with E-state index in [-0.39, 0.29) is 0 Å². The number of nitrogen functional groups attached to an aromatic ring is 2. The Morgan fingerprint density at radius 3 is 2.15 bits per heavy atom. The van der Waals surface area contributed by atoms with Crippen molar-refractivity contribution in [2.75, 3.05) is 11.5 Å². The largest absolute Gasteiger partial charge is 0.399 e. The summed E-state index contributed by atoms with van der Waals surface area (Å²) in [6.07, 6.45) is 13.3. The van der Waals surface area contributed by atoms with Crippen molar-refractivity contribution in [3.8, 4) is 0 Å². The van der Waals surface area contributed by atoms with Gasteiger partial charge in [0.05, 0.1) is 0 Å². The molecule has 0 aliphatic heterocycles. The van der Waals surface area contributed by atoms with Gasteiger partial charge in [-0.05, 0) is 60.9 Å². The zero-order valence-corrected chi connectivity index (χ0v) is 16.4. The standard InChI is InChI=1S/C12H17N.C12H19N/c13-12-9-5-4-8-11(12)10-6-2-1-3-7-10;1-2-3-4-5-6-11-7-9-12(13)10-8-11/h4-5,8-10H,1-3,6-7,13H2;7-10H,2-6,13H2,1H3. The molecule has 142 valence electrons. The first-order valence-corrected chi connectivity index (χ1v) is 10.4. The lowest BCUT2D eigenvalue weighted by Crippen LogP contribution is -2.06. The van der Waals surface area contributed by atoms with Crippen molar-refractivity contribution in [1.29, 1.82) is 0 Å². The lowest BCUT2D eigenvalue weighted by atomic mass is 9.83. The third-order valence-electron chi connectivity index (χ3n) is 5.34. The van der Waals surface area contributed by atoms with Crippen molar-refractivity contribution in [3.05, 3.63) is 59.7 Å². The number of nitrogens with two attached hydrogens (primary N) is 2. The molecule has 0 spiro atoms. The minimum absolute atomic E-state index is 0.731. The number of anilines is 2. The lowest BCUT2D eigenvalue weighted by Gasteiger charge is -2.23. The summed E-state index contributed by atoms with van der Waals surface area (Å²) in [5.41, 5.74) is 16.2. The van der Waals surface area contributed by atoms with Crippen molar-refractivity contribution in [2.24, 2.45) is 0 Å². The Morgan fingerprint density at radius 2 is 1.50 bits per heavy atom. The number of unbranched alkanes of at least 4 members (excludes halogenated alkanes) is 3. The number of benzene rings is 2. The van der Waals surface area contributed by atoms with E-state index in [0.717, 1.165) is 17.3 Å². The van der Waals surface area contributed by atoms with Crippen LogP contribution in [0.3, 0.4) is 0 Å². The molecule has 2 aromatic rings. The Balaban J connectivity index is 0.000000187. The molecule has 1 aliphatic rings. The van der Waals surface area contributed by atoms with E-state index in [9.17, 15) is 0 Å². The van der Waals surface area contributed by atoms with Crippen LogP contribution in [0.1, 0.15) is 81.8 Å². The van der Waals surface area contributed by atoms with Gasteiger partial charge in [-0.25, -0.2) is 0 Å². The summed E-state index contributed by atoms with van der Waals surface area (Å²) in [5, 5.41) is 0. The average Bonchev–Trinajstić information content (AvgIpc) is 2.68. The summed E-state index contributed by atoms with van der Waals surface area (Å²) in [6.45, 7) is 2.24. The van der Waals surface area contributed by atoms with Gasteiger partial charge >= 0.3 is 0 Å². The summed E-state index contributed by atoms with van der Waals surface area (Å²) in [6, 6.07) is 16.5. The predicted octanol–water partition coefficient (Wildman–Crippen LogP) is 6.71. The summed E-state index contributed by atoms with van der Waals surface area (Å²) in [4.78, 5) is 0. The van der Waals surface area contributed by atoms with Gasteiger partial charge in [-0.2, -0.15) is 0 Å². The van der Waals surface area contributed by atoms with Crippen LogP contribution in [0.2, 0.25) is 0 Å². The van der Waals surface area contributed by atoms with E-state index in [2.05, 4.69) is 31.2 Å². The van der Waals surface area contributed by atoms with Gasteiger partial charge in [0, 0.05) is 11.4 Å². The van der Waals surface area contributed by atoms with E-state index >= 15 is 0 Å². The van der Waals surface area contributed by atoms with E-state index in [1.165, 1.54) is 75.3 Å². The van der Waals surface area contributed by atoms with E-state index < -0.39 is 0 Å². The van der Waals surface area contributed by atoms with Gasteiger partial charge in [0.1, 0.15) is 0 Å². The minimum atomic E-state index is 0.731. The van der Waals surface area contributed by atoms with Crippen LogP contribution in [0.4, 0.5) is 11.4 Å². The molecule has 0 atom stereocenters. The van der Waals surface area contributed by atoms with Crippen LogP contribution in [0, 0.1) is 0 Å². The topological polar surface area (TPSA) is 52.0 Å². The van der Waals surface area contributed by atoms with Gasteiger partial charge in [-0.1, -0.05) is 75.8 Å². The summed E-state index contributed by atoms with van der Waals surface area (Å²) < 4.78 is 0. The van der Waals surface area contributed by atoms with Crippen molar-refractivity contribution in [2.45, 2.75) is 77.0 Å². The van der Waals surface area contributed by atoms with E-state index in [4.69, 9.17) is 11.5 Å². The molecular weight excluding hydrogens is 316 g/mol. The van der Waals surface area contributed by atoms with Crippen LogP contribution in [0.15, 0.2) is 48.5 Å². The normalized spacial score (nSPS) is 14.5. The van der Waals surface area contributed by atoms with Crippen LogP contribution >= 0.6 is 0 Å². The highest BCUT2D eigenvalue weighted by Crippen LogP contribution is 2.35. The summed E-state index contributed by atoms with van der Waals surface area (Å²) >= 11 is 0. The van der Waals surface area contributed by atoms with Crippen molar-refractivity contribution >= 4 is 11.4 Å². The van der Waals surface area contributed by atoms with Crippen molar-refractivity contribution in [3.63, 3.8) is 0 Å². The highest BCUT2D eigenvalue weighted by molar-refractivity contribution is 5.48. The third-order valence-corrected chi connectivity index (χ3v) is 5.34. The maximum atomic E-state index is 5.95. The molecule has 0 aromatic heterocycles. The monoisotopic (exact) mass is 352 g/mol. The van der Waals surface area contributed by atoms with Gasteiger partial charge in [0.15, 0.2) is 0 Å². The Hall–Kier alpha value is -1.96. The Kier molecular flexibility index (Phi) is 9.09. The molecular formula is C24H36N2. The van der Waals surface area contributed by atoms with Crippen LogP contribution in [0.5, 0.6) is 0 Å². The summed E-state index contributed by atoms with van der Waals surface area (Å²) in [5.74, 6) is 0.731. The van der Waals surface area contributed by atoms with Crippen LogP contribution in [-0.4, -0.2) is 0 Å². The number of aryl methyl sites for hydroxylation is 1. The molecule has 3 rings (SSSR count). The Bertz CT molecular complexity index is 612. The second-order valence-corrected chi connectivity index (χ2v) is 7.52. The minimum Gasteiger partial charge on any atom is -0.399 e. The first-order valence-electron chi connectivity index (χ1n) is 10.4. The molecule has 4 N–H and O–H groups in total. The predicted molar refractivity (Wildman–Crippen MR) is 115 cm³/mol. The molecule has 0 amide bonds. The van der Waals surface area contributed by atoms with Gasteiger partial charge < -0.3 is 11.5 Å². The molecule has 1 saturated carbocycles. The second kappa shape index (κ2) is 11.6. The highest BCUT2D eigenvalue weighted by atomic mass is 14.6. The van der Waals surface area contributed by atoms with Gasteiger partial charge in [-0.15, -0.1) is 0 Å². The van der Waals surface area contributed by atoms with Gasteiger partial charge in [-0.3, -0.25) is 0 Å². The molecule has 26 heavy (non-hydrogen) atoms. The van der Waals surface area contributed by atoms with E-state index in [1.54, 1.807) is 0 Å². The quantitative estimate of drug-likeness (QED) is 0.448. The fourth-order valence-electron chi connectivity index (χ4n) is 3.74. The molecule has 2 nitrogen and oxygen atoms in total. The van der Waals surface area contributed by atoms with E-state index in [1.807, 2.05) is 24.3 Å². The maximum Gasteiger partial charge on any atom is 0.0349 e. The van der Waals surface area contributed by atoms with Crippen LogP contribution in [0.25, 0.3) is 0 Å². The zero-order valence-electron chi connectivity index (χ0n) is 16.4. The molecule has 0 radical (unpaired) electrons. The number of para-hydroxylation sites is 1. The molecule has 1 fully saturated rings. The average molecular weight is 353 g/mol. The maximum absolute atomic E-state index is 5.95. The lowest BCUT2D eigenvalue weighted by molar-refractivity contribution is 0.444. The molecule has 1 aliphatic carbocycles. The van der Waals surface area contributed by atoms with Crippen molar-refractivity contribution < 1.29 is 0 Å². The van der Waals surface area contributed by atoms with Gasteiger partial charge in [0.25, 0.3) is 0 Å². The molecule has 0 bridgehead atoms. The SMILES string of the molecule is CCCCCCc1ccc(N)cc1.Nc1ccccc1C1CCCCC1. The second-order valence-electron chi connectivity index (χ2n) is 7.52. The van der Waals surface area contributed by atoms with Crippen LogP contribution < -0.4 is 11.5 Å². The molecule has 2 aromatic carbocycles. The Labute approximate surface area is 160 Å². The summed E-state index contributed by atoms with van der Waals surface area (Å²) in [7, 11) is 0. The fourth-order valence-corrected chi connectivity index (χ4v) is 3.74. The first-order chi connectivity index (χ1) is 12.7. The highest BCUT2D eigenvalue weighted by Gasteiger charge is 2.16. The number of hydrogen-bond donors (Lipinski definition) is 2. The fraction of sp³-hybridized carbons (Fsp3) is 0.500. The van der Waals surface area contributed by atoms with Crippen LogP contribution in [-0.2, 0) is 6.42 Å². The molecule has 0 saturated heterocycles. The van der Waals surface area contributed by atoms with Crippen molar-refractivity contribution in [1.82, 2.24) is 0 Å². The zero-order chi connectivity index (χ0) is 18.6. The third kappa shape index (κ3) is 7.11. The van der Waals surface area contributed by atoms with Gasteiger partial charge in [0.2, 0.25) is 0 Å². The molecule has 2 heteroatoms. The first kappa shape index (κ1) is 20.4. The van der Waals surface area contributed by atoms with E-state index in [0.29, 0.717) is 0 Å². The number of hydrogen-bond acceptors (Lipinski definition) is 2. The molecule has 0 heterocycles. The smallest absolute Gasteiger partial charge is 0.0349 e. The molecule has 0 unspecified atom stereocenters. The Morgan fingerprint density at radius 1 is 0.808 bits per heavy atom.